The van der Waals surface area contributed by atoms with Crippen molar-refractivity contribution in [1.29, 1.82) is 0 Å². The van der Waals surface area contributed by atoms with Crippen LogP contribution < -0.4 is 0 Å². The molecule has 0 aliphatic carbocycles. The molecule has 1 atom stereocenters. The van der Waals surface area contributed by atoms with E-state index < -0.39 is 12.1 Å². The van der Waals surface area contributed by atoms with Crippen molar-refractivity contribution in [3.63, 3.8) is 0 Å². The van der Waals surface area contributed by atoms with Gasteiger partial charge in [0.15, 0.2) is 0 Å². The van der Waals surface area contributed by atoms with E-state index in [-0.39, 0.29) is 11.5 Å². The Morgan fingerprint density at radius 1 is 1.29 bits per heavy atom. The van der Waals surface area contributed by atoms with Crippen molar-refractivity contribution in [2.24, 2.45) is 0 Å². The highest BCUT2D eigenvalue weighted by molar-refractivity contribution is 5.87. The van der Waals surface area contributed by atoms with Crippen LogP contribution in [0.4, 0.5) is 0 Å². The van der Waals surface area contributed by atoms with Gasteiger partial charge in [0.1, 0.15) is 6.10 Å². The number of carboxylic acids is 1. The van der Waals surface area contributed by atoms with Gasteiger partial charge in [-0.15, -0.1) is 0 Å². The molecule has 1 aromatic rings. The van der Waals surface area contributed by atoms with Crippen LogP contribution >= 0.6 is 0 Å². The van der Waals surface area contributed by atoms with Crippen LogP contribution in [0.3, 0.4) is 0 Å². The Hall–Kier alpha value is -1.88. The fourth-order valence-corrected chi connectivity index (χ4v) is 1.89. The number of likely N-dealkylation sites (N-methyl/N-ethyl adjacent to an activating group) is 1. The van der Waals surface area contributed by atoms with Gasteiger partial charge in [0.25, 0.3) is 5.91 Å². The maximum absolute atomic E-state index is 12.1. The fraction of sp³-hybridized carbons (Fsp3) is 0.500. The van der Waals surface area contributed by atoms with Gasteiger partial charge >= 0.3 is 5.97 Å². The van der Waals surface area contributed by atoms with Gasteiger partial charge in [-0.25, -0.2) is 4.79 Å². The Balaban J connectivity index is 2.53. The van der Waals surface area contributed by atoms with Gasteiger partial charge in [0.2, 0.25) is 0 Å². The van der Waals surface area contributed by atoms with Crippen molar-refractivity contribution in [3.05, 3.63) is 35.4 Å². The van der Waals surface area contributed by atoms with Crippen molar-refractivity contribution in [1.82, 2.24) is 4.90 Å². The molecule has 5 heteroatoms. The SMILES string of the molecule is CCCCOC(C)C(=O)N(C)Cc1ccc(C(=O)O)cc1. The molecule has 0 aromatic heterocycles. The van der Waals surface area contributed by atoms with E-state index >= 15 is 0 Å². The smallest absolute Gasteiger partial charge is 0.335 e. The summed E-state index contributed by atoms with van der Waals surface area (Å²) < 4.78 is 5.48. The van der Waals surface area contributed by atoms with Crippen LogP contribution in [-0.2, 0) is 16.1 Å². The number of hydrogen-bond donors (Lipinski definition) is 1. The predicted molar refractivity (Wildman–Crippen MR) is 80.2 cm³/mol. The number of rotatable bonds is 8. The molecular weight excluding hydrogens is 270 g/mol. The largest absolute Gasteiger partial charge is 0.478 e. The van der Waals surface area contributed by atoms with Gasteiger partial charge in [0.05, 0.1) is 5.56 Å². The van der Waals surface area contributed by atoms with Crippen molar-refractivity contribution < 1.29 is 19.4 Å². The minimum Gasteiger partial charge on any atom is -0.478 e. The Morgan fingerprint density at radius 2 is 1.90 bits per heavy atom. The number of carbonyl (C=O) groups is 2. The molecule has 1 rings (SSSR count). The van der Waals surface area contributed by atoms with Crippen LogP contribution in [0, 0.1) is 0 Å². The van der Waals surface area contributed by atoms with Gasteiger partial charge in [-0.2, -0.15) is 0 Å². The summed E-state index contributed by atoms with van der Waals surface area (Å²) in [5.41, 5.74) is 1.13. The lowest BCUT2D eigenvalue weighted by Gasteiger charge is -2.21. The molecule has 0 radical (unpaired) electrons. The van der Waals surface area contributed by atoms with Crippen molar-refractivity contribution in [3.8, 4) is 0 Å². The van der Waals surface area contributed by atoms with Crippen molar-refractivity contribution >= 4 is 11.9 Å². The molecule has 0 heterocycles. The van der Waals surface area contributed by atoms with Gasteiger partial charge in [-0.05, 0) is 31.0 Å². The minimum atomic E-state index is -0.955. The second-order valence-corrected chi connectivity index (χ2v) is 5.06. The Labute approximate surface area is 125 Å². The Morgan fingerprint density at radius 3 is 2.43 bits per heavy atom. The van der Waals surface area contributed by atoms with Gasteiger partial charge < -0.3 is 14.7 Å². The molecular formula is C16H23NO4. The van der Waals surface area contributed by atoms with Crippen molar-refractivity contribution in [2.75, 3.05) is 13.7 Å². The van der Waals surface area contributed by atoms with E-state index in [2.05, 4.69) is 6.92 Å². The Kier molecular flexibility index (Phi) is 6.88. The minimum absolute atomic E-state index is 0.0755. The third-order valence-corrected chi connectivity index (χ3v) is 3.21. The molecule has 0 bridgehead atoms. The molecule has 1 amide bonds. The summed E-state index contributed by atoms with van der Waals surface area (Å²) in [7, 11) is 1.72. The van der Waals surface area contributed by atoms with E-state index in [1.807, 2.05) is 0 Å². The zero-order valence-electron chi connectivity index (χ0n) is 12.8. The number of carboxylic acid groups (broad SMARTS) is 1. The second kappa shape index (κ2) is 8.42. The van der Waals surface area contributed by atoms with Crippen LogP contribution in [0.25, 0.3) is 0 Å². The molecule has 0 aliphatic heterocycles. The second-order valence-electron chi connectivity index (χ2n) is 5.06. The lowest BCUT2D eigenvalue weighted by atomic mass is 10.1. The molecule has 116 valence electrons. The summed E-state index contributed by atoms with van der Waals surface area (Å²) >= 11 is 0. The average Bonchev–Trinajstić information content (AvgIpc) is 2.47. The van der Waals surface area contributed by atoms with E-state index in [1.54, 1.807) is 31.0 Å². The molecule has 0 spiro atoms. The third kappa shape index (κ3) is 5.55. The normalized spacial score (nSPS) is 12.0. The molecule has 0 saturated heterocycles. The van der Waals surface area contributed by atoms with Crippen molar-refractivity contribution in [2.45, 2.75) is 39.3 Å². The molecule has 0 aliphatic rings. The third-order valence-electron chi connectivity index (χ3n) is 3.21. The van der Waals surface area contributed by atoms with Crippen LogP contribution in [0.1, 0.15) is 42.6 Å². The highest BCUT2D eigenvalue weighted by atomic mass is 16.5. The first-order valence-electron chi connectivity index (χ1n) is 7.14. The highest BCUT2D eigenvalue weighted by Gasteiger charge is 2.18. The molecule has 0 fully saturated rings. The zero-order valence-corrected chi connectivity index (χ0v) is 12.8. The molecule has 1 unspecified atom stereocenters. The first kappa shape index (κ1) is 17.2. The number of ether oxygens (including phenoxy) is 1. The number of unbranched alkanes of at least 4 members (excludes halogenated alkanes) is 1. The van der Waals surface area contributed by atoms with E-state index in [9.17, 15) is 9.59 Å². The van der Waals surface area contributed by atoms with E-state index in [4.69, 9.17) is 9.84 Å². The monoisotopic (exact) mass is 293 g/mol. The van der Waals surface area contributed by atoms with Crippen LogP contribution in [-0.4, -0.2) is 41.6 Å². The highest BCUT2D eigenvalue weighted by Crippen LogP contribution is 2.09. The van der Waals surface area contributed by atoms with Gasteiger partial charge in [0, 0.05) is 20.2 Å². The molecule has 21 heavy (non-hydrogen) atoms. The number of hydrogen-bond acceptors (Lipinski definition) is 3. The number of benzene rings is 1. The standard InChI is InChI=1S/C16H23NO4/c1-4-5-10-21-12(2)15(18)17(3)11-13-6-8-14(9-7-13)16(19)20/h6-9,12H,4-5,10-11H2,1-3H3,(H,19,20). The lowest BCUT2D eigenvalue weighted by Crippen LogP contribution is -2.36. The summed E-state index contributed by atoms with van der Waals surface area (Å²) in [5.74, 6) is -1.03. The summed E-state index contributed by atoms with van der Waals surface area (Å²) in [6.45, 7) is 4.84. The average molecular weight is 293 g/mol. The number of carbonyl (C=O) groups excluding carboxylic acids is 1. The van der Waals surface area contributed by atoms with Gasteiger partial charge in [-0.3, -0.25) is 4.79 Å². The van der Waals surface area contributed by atoms with Crippen LogP contribution in [0.15, 0.2) is 24.3 Å². The van der Waals surface area contributed by atoms with E-state index in [0.717, 1.165) is 18.4 Å². The lowest BCUT2D eigenvalue weighted by molar-refractivity contribution is -0.141. The number of aromatic carboxylic acids is 1. The summed E-state index contributed by atoms with van der Waals surface area (Å²) in [5, 5.41) is 8.84. The maximum Gasteiger partial charge on any atom is 0.335 e. The van der Waals surface area contributed by atoms with E-state index in [0.29, 0.717) is 13.2 Å². The zero-order chi connectivity index (χ0) is 15.8. The molecule has 1 aromatic carbocycles. The first-order chi connectivity index (χ1) is 9.95. The molecule has 0 saturated carbocycles. The molecule has 5 nitrogen and oxygen atoms in total. The van der Waals surface area contributed by atoms with Gasteiger partial charge in [-0.1, -0.05) is 25.5 Å². The Bertz CT molecular complexity index is 470. The van der Waals surface area contributed by atoms with Crippen LogP contribution in [0.2, 0.25) is 0 Å². The summed E-state index contributed by atoms with van der Waals surface area (Å²) in [6.07, 6.45) is 1.52. The maximum atomic E-state index is 12.1. The summed E-state index contributed by atoms with van der Waals surface area (Å²) in [4.78, 5) is 24.5. The first-order valence-corrected chi connectivity index (χ1v) is 7.14. The fourth-order valence-electron chi connectivity index (χ4n) is 1.89. The number of amides is 1. The quantitative estimate of drug-likeness (QED) is 0.748. The topological polar surface area (TPSA) is 66.8 Å². The van der Waals surface area contributed by atoms with Crippen LogP contribution in [0.5, 0.6) is 0 Å². The van der Waals surface area contributed by atoms with E-state index in [1.165, 1.54) is 12.1 Å². The predicted octanol–water partition coefficient (Wildman–Crippen LogP) is 2.55. The summed E-state index contributed by atoms with van der Waals surface area (Å²) in [6, 6.07) is 6.51. The number of nitrogens with zero attached hydrogens (tertiary/aromatic N) is 1. The molecule has 1 N–H and O–H groups in total.